The lowest BCUT2D eigenvalue weighted by Gasteiger charge is -2.32. The molecule has 10 heteroatoms. The molecule has 122 valence electrons. The number of thiazole rings is 1. The number of esters is 1. The second-order valence-corrected chi connectivity index (χ2v) is 5.53. The van der Waals surface area contributed by atoms with Crippen LogP contribution in [0.25, 0.3) is 0 Å². The van der Waals surface area contributed by atoms with E-state index in [1.165, 1.54) is 11.8 Å². The van der Waals surface area contributed by atoms with Crippen molar-refractivity contribution in [2.24, 2.45) is 0 Å². The van der Waals surface area contributed by atoms with Crippen LogP contribution in [0.15, 0.2) is 0 Å². The number of amides is 1. The minimum atomic E-state index is -4.77. The van der Waals surface area contributed by atoms with Gasteiger partial charge in [0, 0.05) is 13.1 Å². The lowest BCUT2D eigenvalue weighted by molar-refractivity contribution is -0.141. The monoisotopic (exact) mass is 337 g/mol. The number of anilines is 1. The molecule has 0 bridgehead atoms. The molecule has 1 atom stereocenters. The summed E-state index contributed by atoms with van der Waals surface area (Å²) in [5.41, 5.74) is -1.27. The van der Waals surface area contributed by atoms with Crippen molar-refractivity contribution >= 4 is 28.3 Å². The van der Waals surface area contributed by atoms with Gasteiger partial charge in [0.15, 0.2) is 10.8 Å². The van der Waals surface area contributed by atoms with E-state index in [4.69, 9.17) is 0 Å². The van der Waals surface area contributed by atoms with Crippen molar-refractivity contribution in [3.05, 3.63) is 10.6 Å². The summed E-state index contributed by atoms with van der Waals surface area (Å²) in [6.07, 6.45) is -4.77. The highest BCUT2D eigenvalue weighted by atomic mass is 32.1. The molecule has 0 spiro atoms. The maximum atomic E-state index is 13.0. The molecule has 1 N–H and O–H groups in total. The van der Waals surface area contributed by atoms with E-state index in [-0.39, 0.29) is 17.6 Å². The third-order valence-corrected chi connectivity index (χ3v) is 4.16. The molecule has 1 amide bonds. The Balaban J connectivity index is 2.41. The molecule has 1 aliphatic heterocycles. The molecule has 0 saturated carbocycles. The zero-order chi connectivity index (χ0) is 16.5. The maximum Gasteiger partial charge on any atom is 0.435 e. The summed E-state index contributed by atoms with van der Waals surface area (Å²) >= 11 is 0.587. The number of nitrogens with one attached hydrogen (secondary N) is 1. The highest BCUT2D eigenvalue weighted by molar-refractivity contribution is 7.17. The van der Waals surface area contributed by atoms with Crippen LogP contribution in [0, 0.1) is 0 Å². The fourth-order valence-electron chi connectivity index (χ4n) is 2.00. The predicted octanol–water partition coefficient (Wildman–Crippen LogP) is 1.66. The minimum Gasteiger partial charge on any atom is -0.462 e. The maximum absolute atomic E-state index is 13.0. The third kappa shape index (κ3) is 3.16. The van der Waals surface area contributed by atoms with E-state index in [9.17, 15) is 22.8 Å². The molecule has 22 heavy (non-hydrogen) atoms. The summed E-state index contributed by atoms with van der Waals surface area (Å²) in [7, 11) is 0. The molecule has 0 aromatic carbocycles. The number of nitrogens with zero attached hydrogens (tertiary/aromatic N) is 2. The molecule has 1 aromatic rings. The zero-order valence-corrected chi connectivity index (χ0v) is 12.7. The number of halogens is 3. The first-order valence-corrected chi connectivity index (χ1v) is 7.36. The highest BCUT2D eigenvalue weighted by Crippen LogP contribution is 2.38. The summed E-state index contributed by atoms with van der Waals surface area (Å²) in [4.78, 5) is 27.7. The standard InChI is InChI=1S/C12H14F3N3O3S/c1-3-21-10(20)7-8(12(13,14)15)17-11(22-7)18-5-4-16-9(19)6(18)2/h6H,3-5H2,1-2H3,(H,16,19). The number of carbonyl (C=O) groups excluding carboxylic acids is 2. The van der Waals surface area contributed by atoms with E-state index in [0.717, 1.165) is 0 Å². The third-order valence-electron chi connectivity index (χ3n) is 3.09. The van der Waals surface area contributed by atoms with Gasteiger partial charge in [-0.05, 0) is 13.8 Å². The molecule has 1 aliphatic rings. The number of rotatable bonds is 3. The van der Waals surface area contributed by atoms with Crippen LogP contribution in [0.4, 0.5) is 18.3 Å². The smallest absolute Gasteiger partial charge is 0.435 e. The molecular weight excluding hydrogens is 323 g/mol. The first-order chi connectivity index (χ1) is 10.3. The van der Waals surface area contributed by atoms with Gasteiger partial charge in [-0.3, -0.25) is 4.79 Å². The Morgan fingerprint density at radius 3 is 2.82 bits per heavy atom. The number of hydrogen-bond acceptors (Lipinski definition) is 6. The molecular formula is C12H14F3N3O3S. The average molecular weight is 337 g/mol. The molecule has 1 unspecified atom stereocenters. The van der Waals surface area contributed by atoms with Gasteiger partial charge in [0.2, 0.25) is 5.91 Å². The largest absolute Gasteiger partial charge is 0.462 e. The molecule has 0 radical (unpaired) electrons. The second kappa shape index (κ2) is 6.11. The fraction of sp³-hybridized carbons (Fsp3) is 0.583. The van der Waals surface area contributed by atoms with Crippen LogP contribution in [0.1, 0.15) is 29.2 Å². The lowest BCUT2D eigenvalue weighted by atomic mass is 10.2. The van der Waals surface area contributed by atoms with E-state index in [0.29, 0.717) is 24.4 Å². The van der Waals surface area contributed by atoms with E-state index < -0.39 is 28.8 Å². The molecule has 1 saturated heterocycles. The summed E-state index contributed by atoms with van der Waals surface area (Å²) < 4.78 is 43.8. The first kappa shape index (κ1) is 16.5. The Labute approximate surface area is 128 Å². The normalized spacial score (nSPS) is 19.0. The molecule has 0 aliphatic carbocycles. The number of alkyl halides is 3. The van der Waals surface area contributed by atoms with E-state index in [2.05, 4.69) is 15.0 Å². The minimum absolute atomic E-state index is 0.0160. The van der Waals surface area contributed by atoms with Crippen LogP contribution in [-0.4, -0.2) is 42.6 Å². The van der Waals surface area contributed by atoms with Crippen molar-refractivity contribution in [3.8, 4) is 0 Å². The Bertz CT molecular complexity index is 588. The quantitative estimate of drug-likeness (QED) is 0.850. The summed E-state index contributed by atoms with van der Waals surface area (Å²) in [6, 6.07) is -0.656. The second-order valence-electron chi connectivity index (χ2n) is 4.55. The van der Waals surface area contributed by atoms with Crippen LogP contribution in [0.2, 0.25) is 0 Å². The van der Waals surface area contributed by atoms with Crippen molar-refractivity contribution in [2.75, 3.05) is 24.6 Å². The van der Waals surface area contributed by atoms with Gasteiger partial charge in [0.25, 0.3) is 0 Å². The van der Waals surface area contributed by atoms with Crippen LogP contribution in [0.3, 0.4) is 0 Å². The first-order valence-electron chi connectivity index (χ1n) is 6.55. The number of piperazine rings is 1. The van der Waals surface area contributed by atoms with Crippen molar-refractivity contribution in [3.63, 3.8) is 0 Å². The van der Waals surface area contributed by atoms with Crippen molar-refractivity contribution in [1.82, 2.24) is 10.3 Å². The van der Waals surface area contributed by atoms with E-state index in [1.54, 1.807) is 6.92 Å². The number of carbonyl (C=O) groups is 2. The molecule has 1 aromatic heterocycles. The van der Waals surface area contributed by atoms with Gasteiger partial charge in [-0.2, -0.15) is 13.2 Å². The highest BCUT2D eigenvalue weighted by Gasteiger charge is 2.41. The molecule has 2 rings (SSSR count). The van der Waals surface area contributed by atoms with Gasteiger partial charge in [-0.15, -0.1) is 0 Å². The molecule has 6 nitrogen and oxygen atoms in total. The van der Waals surface area contributed by atoms with Crippen LogP contribution in [-0.2, 0) is 15.7 Å². The molecule has 2 heterocycles. The van der Waals surface area contributed by atoms with Crippen molar-refractivity contribution in [1.29, 1.82) is 0 Å². The van der Waals surface area contributed by atoms with Gasteiger partial charge in [0.05, 0.1) is 6.61 Å². The average Bonchev–Trinajstić information content (AvgIpc) is 2.87. The van der Waals surface area contributed by atoms with Gasteiger partial charge in [-0.25, -0.2) is 9.78 Å². The van der Waals surface area contributed by atoms with Crippen LogP contribution < -0.4 is 10.2 Å². The SMILES string of the molecule is CCOC(=O)c1sc(N2CCNC(=O)C2C)nc1C(F)(F)F. The summed E-state index contributed by atoms with van der Waals surface area (Å²) in [5, 5.41) is 2.59. The Kier molecular flexibility index (Phi) is 4.59. The topological polar surface area (TPSA) is 71.5 Å². The predicted molar refractivity (Wildman–Crippen MR) is 72.9 cm³/mol. The summed E-state index contributed by atoms with van der Waals surface area (Å²) in [5.74, 6) is -1.36. The van der Waals surface area contributed by atoms with E-state index in [1.807, 2.05) is 0 Å². The van der Waals surface area contributed by atoms with Crippen molar-refractivity contribution < 1.29 is 27.5 Å². The Hall–Kier alpha value is -1.84. The lowest BCUT2D eigenvalue weighted by Crippen LogP contribution is -2.54. The Morgan fingerprint density at radius 1 is 1.55 bits per heavy atom. The number of hydrogen-bond donors (Lipinski definition) is 1. The Morgan fingerprint density at radius 2 is 2.23 bits per heavy atom. The van der Waals surface area contributed by atoms with Gasteiger partial charge in [-0.1, -0.05) is 11.3 Å². The van der Waals surface area contributed by atoms with Crippen molar-refractivity contribution in [2.45, 2.75) is 26.1 Å². The van der Waals surface area contributed by atoms with Gasteiger partial charge < -0.3 is 15.0 Å². The number of ether oxygens (including phenoxy) is 1. The molecule has 1 fully saturated rings. The fourth-order valence-corrected chi connectivity index (χ4v) is 3.09. The number of aromatic nitrogens is 1. The van der Waals surface area contributed by atoms with Crippen LogP contribution >= 0.6 is 11.3 Å². The van der Waals surface area contributed by atoms with Gasteiger partial charge >= 0.3 is 12.1 Å². The van der Waals surface area contributed by atoms with E-state index >= 15 is 0 Å². The summed E-state index contributed by atoms with van der Waals surface area (Å²) in [6.45, 7) is 3.65. The zero-order valence-electron chi connectivity index (χ0n) is 11.9. The van der Waals surface area contributed by atoms with Crippen LogP contribution in [0.5, 0.6) is 0 Å². The van der Waals surface area contributed by atoms with Gasteiger partial charge in [0.1, 0.15) is 10.9 Å².